The summed E-state index contributed by atoms with van der Waals surface area (Å²) >= 11 is 0. The monoisotopic (exact) mass is 360 g/mol. The Balaban J connectivity index is 1.77. The van der Waals surface area contributed by atoms with Gasteiger partial charge in [0.05, 0.1) is 4.90 Å². The van der Waals surface area contributed by atoms with Crippen molar-refractivity contribution in [3.63, 3.8) is 0 Å². The van der Waals surface area contributed by atoms with E-state index in [2.05, 4.69) is 9.71 Å². The minimum absolute atomic E-state index is 0.250. The van der Waals surface area contributed by atoms with Gasteiger partial charge in [0.2, 0.25) is 10.0 Å². The maximum atomic E-state index is 13.5. The number of fused-ring (bicyclic) bond motifs is 1. The Labute approximate surface area is 147 Å². The summed E-state index contributed by atoms with van der Waals surface area (Å²) < 4.78 is 41.0. The summed E-state index contributed by atoms with van der Waals surface area (Å²) in [4.78, 5) is 3.46. The van der Waals surface area contributed by atoms with E-state index >= 15 is 0 Å². The predicted octanol–water partition coefficient (Wildman–Crippen LogP) is 3.75. The normalized spacial score (nSPS) is 12.0. The Kier molecular flexibility index (Phi) is 4.67. The highest BCUT2D eigenvalue weighted by Gasteiger charge is 2.15. The molecule has 2 N–H and O–H groups in total. The first kappa shape index (κ1) is 17.6. The summed E-state index contributed by atoms with van der Waals surface area (Å²) in [6.07, 6.45) is 0.485. The van der Waals surface area contributed by atoms with Crippen LogP contribution in [-0.2, 0) is 16.4 Å². The lowest BCUT2D eigenvalue weighted by molar-refractivity contribution is 0.581. The van der Waals surface area contributed by atoms with Gasteiger partial charge in [0.1, 0.15) is 5.82 Å². The molecule has 0 atom stereocenters. The second kappa shape index (κ2) is 6.61. The van der Waals surface area contributed by atoms with Crippen LogP contribution >= 0.6 is 0 Å². The third kappa shape index (κ3) is 3.60. The SMILES string of the molecule is Cc1ccc(S(=O)(=O)NCCc2c(C)[nH]c3ccc(F)cc23)cc1C. The van der Waals surface area contributed by atoms with Crippen molar-refractivity contribution in [3.05, 3.63) is 64.6 Å². The number of aromatic amines is 1. The average Bonchev–Trinajstić information content (AvgIpc) is 2.85. The zero-order chi connectivity index (χ0) is 18.2. The third-order valence-corrected chi connectivity index (χ3v) is 6.00. The van der Waals surface area contributed by atoms with E-state index in [1.165, 1.54) is 12.1 Å². The molecular weight excluding hydrogens is 339 g/mol. The summed E-state index contributed by atoms with van der Waals surface area (Å²) in [6.45, 7) is 5.99. The van der Waals surface area contributed by atoms with Gasteiger partial charge in [-0.3, -0.25) is 0 Å². The molecule has 6 heteroatoms. The van der Waals surface area contributed by atoms with E-state index in [4.69, 9.17) is 0 Å². The van der Waals surface area contributed by atoms with E-state index in [0.29, 0.717) is 6.42 Å². The molecule has 0 aliphatic rings. The number of benzene rings is 2. The second-order valence-electron chi connectivity index (χ2n) is 6.31. The van der Waals surface area contributed by atoms with E-state index in [-0.39, 0.29) is 17.3 Å². The largest absolute Gasteiger partial charge is 0.358 e. The molecule has 0 amide bonds. The molecular formula is C19H21FN2O2S. The van der Waals surface area contributed by atoms with Crippen LogP contribution in [0.4, 0.5) is 4.39 Å². The average molecular weight is 360 g/mol. The smallest absolute Gasteiger partial charge is 0.240 e. The Bertz CT molecular complexity index is 1040. The van der Waals surface area contributed by atoms with Crippen LogP contribution in [0.5, 0.6) is 0 Å². The predicted molar refractivity (Wildman–Crippen MR) is 97.8 cm³/mol. The van der Waals surface area contributed by atoms with Gasteiger partial charge in [0.25, 0.3) is 0 Å². The molecule has 0 radical (unpaired) electrons. The number of hydrogen-bond acceptors (Lipinski definition) is 2. The molecule has 0 saturated heterocycles. The standard InChI is InChI=1S/C19H21FN2O2S/c1-12-4-6-16(10-13(12)2)25(23,24)21-9-8-17-14(3)22-19-7-5-15(20)11-18(17)19/h4-7,10-11,21-22H,8-9H2,1-3H3. The summed E-state index contributed by atoms with van der Waals surface area (Å²) in [7, 11) is -3.56. The summed E-state index contributed by atoms with van der Waals surface area (Å²) in [5, 5.41) is 0.794. The lowest BCUT2D eigenvalue weighted by Gasteiger charge is -2.09. The van der Waals surface area contributed by atoms with E-state index in [0.717, 1.165) is 33.3 Å². The third-order valence-electron chi connectivity index (χ3n) is 4.54. The fourth-order valence-corrected chi connectivity index (χ4v) is 4.07. The van der Waals surface area contributed by atoms with E-state index in [1.807, 2.05) is 20.8 Å². The van der Waals surface area contributed by atoms with Gasteiger partial charge >= 0.3 is 0 Å². The fourth-order valence-electron chi connectivity index (χ4n) is 2.95. The van der Waals surface area contributed by atoms with E-state index in [1.54, 1.807) is 24.3 Å². The van der Waals surface area contributed by atoms with Gasteiger partial charge in [0, 0.05) is 23.1 Å². The van der Waals surface area contributed by atoms with Crippen LogP contribution in [0.3, 0.4) is 0 Å². The summed E-state index contributed by atoms with van der Waals surface area (Å²) in [5.74, 6) is -0.302. The highest BCUT2D eigenvalue weighted by Crippen LogP contribution is 2.23. The van der Waals surface area contributed by atoms with E-state index in [9.17, 15) is 12.8 Å². The molecule has 0 aliphatic carbocycles. The van der Waals surface area contributed by atoms with Crippen molar-refractivity contribution in [2.75, 3.05) is 6.54 Å². The first-order chi connectivity index (χ1) is 11.8. The lowest BCUT2D eigenvalue weighted by Crippen LogP contribution is -2.26. The number of sulfonamides is 1. The topological polar surface area (TPSA) is 62.0 Å². The number of aromatic nitrogens is 1. The van der Waals surface area contributed by atoms with Crippen LogP contribution in [0.1, 0.15) is 22.4 Å². The van der Waals surface area contributed by atoms with E-state index < -0.39 is 10.0 Å². The van der Waals surface area contributed by atoms with Gasteiger partial charge in [-0.05, 0) is 74.2 Å². The van der Waals surface area contributed by atoms with Gasteiger partial charge in [-0.25, -0.2) is 17.5 Å². The molecule has 0 aliphatic heterocycles. The first-order valence-corrected chi connectivity index (χ1v) is 9.60. The number of aryl methyl sites for hydroxylation is 3. The number of halogens is 1. The molecule has 0 saturated carbocycles. The van der Waals surface area contributed by atoms with Gasteiger partial charge in [-0.15, -0.1) is 0 Å². The van der Waals surface area contributed by atoms with Crippen molar-refractivity contribution in [1.82, 2.24) is 9.71 Å². The number of nitrogens with one attached hydrogen (secondary N) is 2. The van der Waals surface area contributed by atoms with Gasteiger partial charge in [-0.1, -0.05) is 6.07 Å². The molecule has 2 aromatic carbocycles. The molecule has 0 fully saturated rings. The zero-order valence-corrected chi connectivity index (χ0v) is 15.3. The minimum Gasteiger partial charge on any atom is -0.358 e. The van der Waals surface area contributed by atoms with Crippen LogP contribution in [0.15, 0.2) is 41.3 Å². The van der Waals surface area contributed by atoms with Gasteiger partial charge in [0.15, 0.2) is 0 Å². The molecule has 1 aromatic heterocycles. The Morgan fingerprint density at radius 2 is 1.80 bits per heavy atom. The van der Waals surface area contributed by atoms with Gasteiger partial charge < -0.3 is 4.98 Å². The maximum Gasteiger partial charge on any atom is 0.240 e. The van der Waals surface area contributed by atoms with Crippen LogP contribution in [0.25, 0.3) is 10.9 Å². The molecule has 1 heterocycles. The van der Waals surface area contributed by atoms with Crippen LogP contribution in [-0.4, -0.2) is 19.9 Å². The molecule has 3 aromatic rings. The van der Waals surface area contributed by atoms with Crippen LogP contribution in [0.2, 0.25) is 0 Å². The van der Waals surface area contributed by atoms with Crippen LogP contribution in [0, 0.1) is 26.6 Å². The van der Waals surface area contributed by atoms with Crippen molar-refractivity contribution < 1.29 is 12.8 Å². The molecule has 0 bridgehead atoms. The van der Waals surface area contributed by atoms with Crippen molar-refractivity contribution in [2.45, 2.75) is 32.1 Å². The zero-order valence-electron chi connectivity index (χ0n) is 14.5. The molecule has 132 valence electrons. The van der Waals surface area contributed by atoms with Crippen molar-refractivity contribution in [1.29, 1.82) is 0 Å². The Morgan fingerprint density at radius 3 is 2.52 bits per heavy atom. The Hall–Kier alpha value is -2.18. The fraction of sp³-hybridized carbons (Fsp3) is 0.263. The highest BCUT2D eigenvalue weighted by molar-refractivity contribution is 7.89. The van der Waals surface area contributed by atoms with Crippen LogP contribution < -0.4 is 4.72 Å². The summed E-state index contributed by atoms with van der Waals surface area (Å²) in [5.41, 5.74) is 4.69. The Morgan fingerprint density at radius 1 is 1.04 bits per heavy atom. The highest BCUT2D eigenvalue weighted by atomic mass is 32.2. The van der Waals surface area contributed by atoms with Gasteiger partial charge in [-0.2, -0.15) is 0 Å². The first-order valence-electron chi connectivity index (χ1n) is 8.11. The lowest BCUT2D eigenvalue weighted by atomic mass is 10.1. The second-order valence-corrected chi connectivity index (χ2v) is 8.08. The van der Waals surface area contributed by atoms with Crippen molar-refractivity contribution in [2.24, 2.45) is 0 Å². The quantitative estimate of drug-likeness (QED) is 0.728. The number of hydrogen-bond donors (Lipinski definition) is 2. The molecule has 25 heavy (non-hydrogen) atoms. The minimum atomic E-state index is -3.56. The molecule has 4 nitrogen and oxygen atoms in total. The number of H-pyrrole nitrogens is 1. The number of rotatable bonds is 5. The van der Waals surface area contributed by atoms with Crippen molar-refractivity contribution in [3.8, 4) is 0 Å². The molecule has 3 rings (SSSR count). The molecule has 0 spiro atoms. The van der Waals surface area contributed by atoms with Crippen molar-refractivity contribution >= 4 is 20.9 Å². The maximum absolute atomic E-state index is 13.5. The molecule has 0 unspecified atom stereocenters. The summed E-state index contributed by atoms with van der Waals surface area (Å²) in [6, 6.07) is 9.66.